The molecule has 50 heavy (non-hydrogen) atoms. The zero-order valence-corrected chi connectivity index (χ0v) is 32.5. The van der Waals surface area contributed by atoms with Crippen LogP contribution in [0, 0.1) is 0 Å². The van der Waals surface area contributed by atoms with E-state index in [1.807, 2.05) is 61.5 Å². The predicted molar refractivity (Wildman–Crippen MR) is 210 cm³/mol. The Labute approximate surface area is 306 Å². The van der Waals surface area contributed by atoms with Gasteiger partial charge in [0.1, 0.15) is 11.5 Å². The SMILES string of the molecule is CCCCCCCCCCCCCCCCCC(=O)N(CCCCCCOC(=O)C(C)c1ccc(Oc2ccccc2)cc1)CCCN(C)C. The molecule has 0 aromatic heterocycles. The molecular weight excluding hydrogens is 620 g/mol. The van der Waals surface area contributed by atoms with Gasteiger partial charge in [-0.2, -0.15) is 0 Å². The Hall–Kier alpha value is -2.86. The quantitative estimate of drug-likeness (QED) is 0.0581. The fourth-order valence-electron chi connectivity index (χ4n) is 6.39. The second-order valence-corrected chi connectivity index (χ2v) is 14.5. The molecule has 0 saturated heterocycles. The molecule has 0 heterocycles. The van der Waals surface area contributed by atoms with Crippen molar-refractivity contribution in [2.45, 2.75) is 155 Å². The van der Waals surface area contributed by atoms with Crippen molar-refractivity contribution >= 4 is 11.9 Å². The molecule has 6 nitrogen and oxygen atoms in total. The maximum absolute atomic E-state index is 13.1. The molecule has 0 aliphatic heterocycles. The van der Waals surface area contributed by atoms with Gasteiger partial charge >= 0.3 is 5.97 Å². The van der Waals surface area contributed by atoms with Gasteiger partial charge in [0, 0.05) is 19.5 Å². The number of hydrogen-bond donors (Lipinski definition) is 0. The minimum atomic E-state index is -0.327. The molecule has 0 bridgehead atoms. The van der Waals surface area contributed by atoms with Crippen molar-refractivity contribution in [3.63, 3.8) is 0 Å². The first-order chi connectivity index (χ1) is 24.4. The Bertz CT molecular complexity index is 1100. The zero-order chi connectivity index (χ0) is 36.1. The lowest BCUT2D eigenvalue weighted by molar-refractivity contribution is -0.145. The summed E-state index contributed by atoms with van der Waals surface area (Å²) in [4.78, 5) is 30.1. The zero-order valence-electron chi connectivity index (χ0n) is 32.5. The lowest BCUT2D eigenvalue weighted by Gasteiger charge is -2.24. The van der Waals surface area contributed by atoms with Gasteiger partial charge in [-0.1, -0.05) is 134 Å². The van der Waals surface area contributed by atoms with Gasteiger partial charge in [0.05, 0.1) is 12.5 Å². The van der Waals surface area contributed by atoms with E-state index in [-0.39, 0.29) is 11.9 Å². The van der Waals surface area contributed by atoms with Crippen LogP contribution in [0.1, 0.15) is 160 Å². The molecular formula is C44H72N2O4. The molecule has 6 heteroatoms. The predicted octanol–water partition coefficient (Wildman–Crippen LogP) is 11.7. The molecule has 1 unspecified atom stereocenters. The molecule has 282 valence electrons. The smallest absolute Gasteiger partial charge is 0.313 e. The molecule has 2 aromatic rings. The summed E-state index contributed by atoms with van der Waals surface area (Å²) < 4.78 is 11.5. The third-order valence-corrected chi connectivity index (χ3v) is 9.66. The fraction of sp³-hybridized carbons (Fsp3) is 0.682. The highest BCUT2D eigenvalue weighted by Crippen LogP contribution is 2.25. The second-order valence-electron chi connectivity index (χ2n) is 14.5. The van der Waals surface area contributed by atoms with E-state index in [2.05, 4.69) is 30.8 Å². The van der Waals surface area contributed by atoms with Crippen molar-refractivity contribution in [3.8, 4) is 11.5 Å². The fourth-order valence-corrected chi connectivity index (χ4v) is 6.39. The number of hydrogen-bond acceptors (Lipinski definition) is 5. The Kier molecular flexibility index (Phi) is 24.9. The van der Waals surface area contributed by atoms with Crippen LogP contribution < -0.4 is 4.74 Å². The van der Waals surface area contributed by atoms with E-state index in [1.165, 1.54) is 89.9 Å². The number of esters is 1. The molecule has 0 saturated carbocycles. The van der Waals surface area contributed by atoms with Gasteiger partial charge in [0.25, 0.3) is 0 Å². The van der Waals surface area contributed by atoms with E-state index in [4.69, 9.17) is 9.47 Å². The summed E-state index contributed by atoms with van der Waals surface area (Å²) in [6.45, 7) is 7.26. The largest absolute Gasteiger partial charge is 0.465 e. The third kappa shape index (κ3) is 21.4. The van der Waals surface area contributed by atoms with Gasteiger partial charge in [-0.05, 0) is 89.5 Å². The molecule has 0 fully saturated rings. The van der Waals surface area contributed by atoms with Crippen LogP contribution in [0.5, 0.6) is 11.5 Å². The van der Waals surface area contributed by atoms with Crippen LogP contribution in [0.3, 0.4) is 0 Å². The molecule has 0 N–H and O–H groups in total. The van der Waals surface area contributed by atoms with Crippen LogP contribution >= 0.6 is 0 Å². The molecule has 2 aromatic carbocycles. The van der Waals surface area contributed by atoms with Crippen molar-refractivity contribution in [3.05, 3.63) is 60.2 Å². The first-order valence-electron chi connectivity index (χ1n) is 20.3. The lowest BCUT2D eigenvalue weighted by atomic mass is 10.0. The highest BCUT2D eigenvalue weighted by molar-refractivity contribution is 5.77. The number of unbranched alkanes of at least 4 members (excludes halogenated alkanes) is 17. The Morgan fingerprint density at radius 2 is 1.08 bits per heavy atom. The first kappa shape index (κ1) is 43.3. The van der Waals surface area contributed by atoms with E-state index in [9.17, 15) is 9.59 Å². The van der Waals surface area contributed by atoms with Crippen LogP contribution in [0.25, 0.3) is 0 Å². The van der Waals surface area contributed by atoms with E-state index < -0.39 is 0 Å². The number of nitrogens with zero attached hydrogens (tertiary/aromatic N) is 2. The van der Waals surface area contributed by atoms with Crippen molar-refractivity contribution in [2.24, 2.45) is 0 Å². The van der Waals surface area contributed by atoms with Crippen molar-refractivity contribution < 1.29 is 19.1 Å². The maximum Gasteiger partial charge on any atom is 0.313 e. The average Bonchev–Trinajstić information content (AvgIpc) is 3.12. The van der Waals surface area contributed by atoms with Crippen LogP contribution in [0.2, 0.25) is 0 Å². The third-order valence-electron chi connectivity index (χ3n) is 9.66. The molecule has 2 rings (SSSR count). The van der Waals surface area contributed by atoms with Gasteiger partial charge in [-0.3, -0.25) is 9.59 Å². The topological polar surface area (TPSA) is 59.1 Å². The lowest BCUT2D eigenvalue weighted by Crippen LogP contribution is -2.34. The van der Waals surface area contributed by atoms with Gasteiger partial charge in [0.15, 0.2) is 0 Å². The standard InChI is InChI=1S/C44H72N2O4/c1-5-6-7-8-9-10-11-12-13-14-15-16-17-18-24-30-43(47)46(37-27-35-45(3)4)36-25-19-20-26-38-49-44(48)39(2)40-31-33-42(34-32-40)50-41-28-22-21-23-29-41/h21-23,28-29,31-34,39H,5-20,24-27,30,35-38H2,1-4H3. The maximum atomic E-state index is 13.1. The number of benzene rings is 2. The van der Waals surface area contributed by atoms with Crippen molar-refractivity contribution in [1.29, 1.82) is 0 Å². The Balaban J connectivity index is 1.54. The summed E-state index contributed by atoms with van der Waals surface area (Å²) in [5.74, 6) is 1.32. The normalized spacial score (nSPS) is 11.9. The minimum Gasteiger partial charge on any atom is -0.465 e. The minimum absolute atomic E-state index is 0.196. The van der Waals surface area contributed by atoms with E-state index >= 15 is 0 Å². The first-order valence-corrected chi connectivity index (χ1v) is 20.3. The molecule has 0 aliphatic carbocycles. The number of rotatable bonds is 31. The summed E-state index contributed by atoms with van der Waals surface area (Å²) >= 11 is 0. The van der Waals surface area contributed by atoms with Crippen molar-refractivity contribution in [1.82, 2.24) is 9.80 Å². The molecule has 1 atom stereocenters. The Morgan fingerprint density at radius 1 is 0.580 bits per heavy atom. The van der Waals surface area contributed by atoms with Gasteiger partial charge in [0.2, 0.25) is 5.91 Å². The molecule has 0 spiro atoms. The summed E-state index contributed by atoms with van der Waals surface area (Å²) in [5, 5.41) is 0. The number of ether oxygens (including phenoxy) is 2. The second kappa shape index (κ2) is 28.8. The Morgan fingerprint density at radius 3 is 1.66 bits per heavy atom. The van der Waals surface area contributed by atoms with Crippen LogP contribution in [0.4, 0.5) is 0 Å². The summed E-state index contributed by atoms with van der Waals surface area (Å²) in [6, 6.07) is 17.3. The summed E-state index contributed by atoms with van der Waals surface area (Å²) in [7, 11) is 4.18. The monoisotopic (exact) mass is 693 g/mol. The number of para-hydroxylation sites is 1. The van der Waals surface area contributed by atoms with Crippen LogP contribution in [-0.4, -0.2) is 62.0 Å². The van der Waals surface area contributed by atoms with Crippen LogP contribution in [0.15, 0.2) is 54.6 Å². The summed E-state index contributed by atoms with van der Waals surface area (Å²) in [5.41, 5.74) is 0.916. The molecule has 0 radical (unpaired) electrons. The van der Waals surface area contributed by atoms with Crippen LogP contribution in [-0.2, 0) is 14.3 Å². The van der Waals surface area contributed by atoms with E-state index in [0.717, 1.165) is 75.2 Å². The molecule has 0 aliphatic rings. The number of carbonyl (C=O) groups excluding carboxylic acids is 2. The average molecular weight is 693 g/mol. The highest BCUT2D eigenvalue weighted by Gasteiger charge is 2.17. The number of carbonyl (C=O) groups is 2. The summed E-state index contributed by atoms with van der Waals surface area (Å²) in [6.07, 6.45) is 25.6. The van der Waals surface area contributed by atoms with E-state index in [0.29, 0.717) is 18.9 Å². The van der Waals surface area contributed by atoms with Gasteiger partial charge in [-0.15, -0.1) is 0 Å². The molecule has 1 amide bonds. The van der Waals surface area contributed by atoms with Crippen molar-refractivity contribution in [2.75, 3.05) is 40.3 Å². The highest BCUT2D eigenvalue weighted by atomic mass is 16.5. The van der Waals surface area contributed by atoms with Gasteiger partial charge < -0.3 is 19.3 Å². The van der Waals surface area contributed by atoms with E-state index in [1.54, 1.807) is 0 Å². The number of amides is 1. The van der Waals surface area contributed by atoms with Gasteiger partial charge in [-0.25, -0.2) is 0 Å².